The van der Waals surface area contributed by atoms with Crippen LogP contribution in [0, 0.1) is 0 Å². The van der Waals surface area contributed by atoms with Gasteiger partial charge in [0.05, 0.1) is 24.4 Å². The minimum atomic E-state index is 0.267. The van der Waals surface area contributed by atoms with Crippen LogP contribution in [0.2, 0.25) is 0 Å². The summed E-state index contributed by atoms with van der Waals surface area (Å²) in [5.74, 6) is 0. The third-order valence-electron chi connectivity index (χ3n) is 5.66. The van der Waals surface area contributed by atoms with Gasteiger partial charge in [0, 0.05) is 13.1 Å². The molecule has 2 aliphatic carbocycles. The molecule has 2 saturated carbocycles. The van der Waals surface area contributed by atoms with E-state index in [-0.39, 0.29) is 5.60 Å². The van der Waals surface area contributed by atoms with Crippen LogP contribution in [0.4, 0.5) is 0 Å². The van der Waals surface area contributed by atoms with E-state index in [2.05, 4.69) is 5.32 Å². The van der Waals surface area contributed by atoms with Gasteiger partial charge in [0.25, 0.3) is 0 Å². The molecule has 1 unspecified atom stereocenters. The van der Waals surface area contributed by atoms with E-state index in [9.17, 15) is 0 Å². The van der Waals surface area contributed by atoms with Gasteiger partial charge < -0.3 is 14.8 Å². The Labute approximate surface area is 130 Å². The molecule has 21 heavy (non-hydrogen) atoms. The van der Waals surface area contributed by atoms with Crippen molar-refractivity contribution in [2.24, 2.45) is 0 Å². The minimum absolute atomic E-state index is 0.267. The number of hydrogen-bond donors (Lipinski definition) is 1. The average molecular weight is 295 g/mol. The van der Waals surface area contributed by atoms with E-state index in [1.165, 1.54) is 77.0 Å². The molecule has 1 aliphatic heterocycles. The van der Waals surface area contributed by atoms with Crippen LogP contribution in [0.1, 0.15) is 77.0 Å². The number of ether oxygens (including phenoxy) is 2. The highest BCUT2D eigenvalue weighted by molar-refractivity contribution is 4.91. The lowest BCUT2D eigenvalue weighted by Gasteiger charge is -2.33. The second-order valence-electron chi connectivity index (χ2n) is 7.36. The Morgan fingerprint density at radius 3 is 2.48 bits per heavy atom. The fraction of sp³-hybridized carbons (Fsp3) is 1.00. The quantitative estimate of drug-likeness (QED) is 0.756. The Morgan fingerprint density at radius 1 is 0.905 bits per heavy atom. The van der Waals surface area contributed by atoms with Crippen molar-refractivity contribution in [2.45, 2.75) is 94.9 Å². The first-order valence-electron chi connectivity index (χ1n) is 9.36. The monoisotopic (exact) mass is 295 g/mol. The van der Waals surface area contributed by atoms with Crippen molar-refractivity contribution < 1.29 is 9.47 Å². The molecule has 1 atom stereocenters. The molecule has 0 radical (unpaired) electrons. The summed E-state index contributed by atoms with van der Waals surface area (Å²) in [5, 5.41) is 3.54. The van der Waals surface area contributed by atoms with Crippen LogP contribution in [0.5, 0.6) is 0 Å². The van der Waals surface area contributed by atoms with Crippen molar-refractivity contribution in [3.8, 4) is 0 Å². The molecule has 0 aromatic carbocycles. The summed E-state index contributed by atoms with van der Waals surface area (Å²) in [6.07, 6.45) is 16.9. The maximum atomic E-state index is 6.38. The van der Waals surface area contributed by atoms with Crippen LogP contribution in [0.15, 0.2) is 0 Å². The van der Waals surface area contributed by atoms with Crippen molar-refractivity contribution in [1.82, 2.24) is 5.32 Å². The molecule has 122 valence electrons. The van der Waals surface area contributed by atoms with E-state index in [4.69, 9.17) is 9.47 Å². The molecule has 3 aliphatic rings. The largest absolute Gasteiger partial charge is 0.377 e. The zero-order valence-electron chi connectivity index (χ0n) is 13.6. The fourth-order valence-electron chi connectivity index (χ4n) is 4.40. The molecule has 1 N–H and O–H groups in total. The van der Waals surface area contributed by atoms with E-state index in [0.717, 1.165) is 19.7 Å². The Balaban J connectivity index is 1.24. The molecule has 1 spiro atoms. The van der Waals surface area contributed by atoms with Gasteiger partial charge in [-0.25, -0.2) is 0 Å². The van der Waals surface area contributed by atoms with Gasteiger partial charge in [0.15, 0.2) is 0 Å². The second kappa shape index (κ2) is 7.94. The SMILES string of the molecule is C1CCC(OCCNCC2CCC3(CCCCC3)O2)CC1. The van der Waals surface area contributed by atoms with Gasteiger partial charge in [-0.3, -0.25) is 0 Å². The maximum absolute atomic E-state index is 6.38. The predicted octanol–water partition coefficient (Wildman–Crippen LogP) is 3.81. The average Bonchev–Trinajstić information content (AvgIpc) is 2.91. The van der Waals surface area contributed by atoms with Gasteiger partial charge in [-0.15, -0.1) is 0 Å². The van der Waals surface area contributed by atoms with E-state index >= 15 is 0 Å². The highest BCUT2D eigenvalue weighted by Gasteiger charge is 2.40. The van der Waals surface area contributed by atoms with Gasteiger partial charge in [0.1, 0.15) is 0 Å². The normalized spacial score (nSPS) is 30.0. The summed E-state index contributed by atoms with van der Waals surface area (Å²) < 4.78 is 12.3. The highest BCUT2D eigenvalue weighted by atomic mass is 16.5. The highest BCUT2D eigenvalue weighted by Crippen LogP contribution is 2.41. The summed E-state index contributed by atoms with van der Waals surface area (Å²) in [6.45, 7) is 2.85. The Hall–Kier alpha value is -0.120. The summed E-state index contributed by atoms with van der Waals surface area (Å²) in [4.78, 5) is 0. The molecule has 0 bridgehead atoms. The van der Waals surface area contributed by atoms with Crippen LogP contribution in [0.3, 0.4) is 0 Å². The van der Waals surface area contributed by atoms with E-state index in [1.54, 1.807) is 0 Å². The molecule has 3 fully saturated rings. The van der Waals surface area contributed by atoms with Crippen molar-refractivity contribution in [2.75, 3.05) is 19.7 Å². The first-order chi connectivity index (χ1) is 10.4. The maximum Gasteiger partial charge on any atom is 0.0708 e. The third kappa shape index (κ3) is 4.67. The van der Waals surface area contributed by atoms with Crippen LogP contribution < -0.4 is 5.32 Å². The molecule has 0 amide bonds. The standard InChI is InChI=1S/C18H33NO2/c1-3-7-16(8-4-1)20-14-13-19-15-17-9-12-18(21-17)10-5-2-6-11-18/h16-17,19H,1-15H2. The van der Waals surface area contributed by atoms with E-state index in [1.807, 2.05) is 0 Å². The predicted molar refractivity (Wildman–Crippen MR) is 85.6 cm³/mol. The first kappa shape index (κ1) is 15.8. The minimum Gasteiger partial charge on any atom is -0.377 e. The number of nitrogens with one attached hydrogen (secondary N) is 1. The van der Waals surface area contributed by atoms with Crippen molar-refractivity contribution in [3.63, 3.8) is 0 Å². The van der Waals surface area contributed by atoms with Gasteiger partial charge in [0.2, 0.25) is 0 Å². The zero-order valence-corrected chi connectivity index (χ0v) is 13.6. The molecule has 3 heteroatoms. The summed E-state index contributed by atoms with van der Waals surface area (Å²) in [5.41, 5.74) is 0.267. The van der Waals surface area contributed by atoms with Crippen molar-refractivity contribution in [1.29, 1.82) is 0 Å². The molecule has 3 rings (SSSR count). The van der Waals surface area contributed by atoms with Gasteiger partial charge >= 0.3 is 0 Å². The van der Waals surface area contributed by atoms with Crippen LogP contribution >= 0.6 is 0 Å². The summed E-state index contributed by atoms with van der Waals surface area (Å²) >= 11 is 0. The van der Waals surface area contributed by atoms with E-state index in [0.29, 0.717) is 12.2 Å². The van der Waals surface area contributed by atoms with Crippen LogP contribution in [-0.4, -0.2) is 37.5 Å². The molecular formula is C18H33NO2. The Morgan fingerprint density at radius 2 is 1.67 bits per heavy atom. The van der Waals surface area contributed by atoms with Crippen LogP contribution in [-0.2, 0) is 9.47 Å². The van der Waals surface area contributed by atoms with Gasteiger partial charge in [-0.2, -0.15) is 0 Å². The Kier molecular flexibility index (Phi) is 5.96. The third-order valence-corrected chi connectivity index (χ3v) is 5.66. The summed E-state index contributed by atoms with van der Waals surface area (Å²) in [7, 11) is 0. The molecule has 1 heterocycles. The Bertz CT molecular complexity index is 296. The molecule has 0 aromatic rings. The molecule has 0 aromatic heterocycles. The smallest absolute Gasteiger partial charge is 0.0708 e. The molecular weight excluding hydrogens is 262 g/mol. The number of rotatable bonds is 6. The zero-order chi connectivity index (χ0) is 14.4. The van der Waals surface area contributed by atoms with E-state index < -0.39 is 0 Å². The molecule has 1 saturated heterocycles. The van der Waals surface area contributed by atoms with Crippen LogP contribution in [0.25, 0.3) is 0 Å². The lowest BCUT2D eigenvalue weighted by atomic mass is 9.83. The van der Waals surface area contributed by atoms with Crippen molar-refractivity contribution >= 4 is 0 Å². The lowest BCUT2D eigenvalue weighted by Crippen LogP contribution is -2.35. The first-order valence-corrected chi connectivity index (χ1v) is 9.36. The topological polar surface area (TPSA) is 30.5 Å². The van der Waals surface area contributed by atoms with Gasteiger partial charge in [-0.1, -0.05) is 38.5 Å². The fourth-order valence-corrected chi connectivity index (χ4v) is 4.40. The summed E-state index contributed by atoms with van der Waals surface area (Å²) in [6, 6.07) is 0. The van der Waals surface area contributed by atoms with Crippen molar-refractivity contribution in [3.05, 3.63) is 0 Å². The molecule has 3 nitrogen and oxygen atoms in total. The van der Waals surface area contributed by atoms with Gasteiger partial charge in [-0.05, 0) is 38.5 Å². The number of hydrogen-bond acceptors (Lipinski definition) is 3. The second-order valence-corrected chi connectivity index (χ2v) is 7.36. The lowest BCUT2D eigenvalue weighted by molar-refractivity contribution is -0.0628.